The second-order valence-corrected chi connectivity index (χ2v) is 5.63. The molecule has 15 heavy (non-hydrogen) atoms. The first-order valence-corrected chi connectivity index (χ1v) is 6.59. The first kappa shape index (κ1) is 11.9. The van der Waals surface area contributed by atoms with Gasteiger partial charge in [-0.25, -0.2) is 13.4 Å². The molecule has 0 saturated carbocycles. The molecular weight excluding hydrogens is 214 g/mol. The van der Waals surface area contributed by atoms with E-state index in [9.17, 15) is 8.42 Å². The lowest BCUT2D eigenvalue weighted by Crippen LogP contribution is -2.18. The fraction of sp³-hybridized carbons (Fsp3) is 0.556. The highest BCUT2D eigenvalue weighted by atomic mass is 32.2. The maximum atomic E-state index is 11.2. The Balaban J connectivity index is 2.49. The van der Waals surface area contributed by atoms with Crippen molar-refractivity contribution < 1.29 is 8.42 Å². The van der Waals surface area contributed by atoms with Crippen molar-refractivity contribution >= 4 is 15.7 Å². The highest BCUT2D eigenvalue weighted by Gasteiger charge is 2.07. The van der Waals surface area contributed by atoms with Crippen LogP contribution < -0.4 is 5.32 Å². The summed E-state index contributed by atoms with van der Waals surface area (Å²) in [5, 5.41) is 2.95. The molecule has 0 bridgehead atoms. The van der Waals surface area contributed by atoms with Crippen molar-refractivity contribution in [2.24, 2.45) is 0 Å². The van der Waals surface area contributed by atoms with Crippen molar-refractivity contribution in [3.63, 3.8) is 0 Å². The highest BCUT2D eigenvalue weighted by Crippen LogP contribution is 2.05. The number of aryl methyl sites for hydroxylation is 1. The summed E-state index contributed by atoms with van der Waals surface area (Å²) in [6, 6.07) is 0. The molecule has 5 nitrogen and oxygen atoms in total. The quantitative estimate of drug-likeness (QED) is 0.802. The van der Waals surface area contributed by atoms with Gasteiger partial charge in [0, 0.05) is 24.7 Å². The van der Waals surface area contributed by atoms with Crippen molar-refractivity contribution in [2.75, 3.05) is 23.4 Å². The largest absolute Gasteiger partial charge is 0.368 e. The molecule has 0 unspecified atom stereocenters. The highest BCUT2D eigenvalue weighted by molar-refractivity contribution is 7.91. The molecule has 0 aliphatic heterocycles. The standard InChI is InChI=1S/C9H15N3O2S/c1-3-15(13,14)7-6-12-9-8(2)10-4-5-11-9/h4-5H,3,6-7H2,1-2H3,(H,11,12). The molecule has 0 aliphatic rings. The molecule has 1 rings (SSSR count). The summed E-state index contributed by atoms with van der Waals surface area (Å²) in [6.07, 6.45) is 3.17. The van der Waals surface area contributed by atoms with Gasteiger partial charge in [-0.2, -0.15) is 0 Å². The molecule has 0 saturated heterocycles. The van der Waals surface area contributed by atoms with Gasteiger partial charge in [-0.1, -0.05) is 6.92 Å². The van der Waals surface area contributed by atoms with Crippen molar-refractivity contribution in [3.05, 3.63) is 18.1 Å². The Labute approximate surface area is 89.9 Å². The first-order chi connectivity index (χ1) is 7.05. The van der Waals surface area contributed by atoms with E-state index in [-0.39, 0.29) is 11.5 Å². The molecule has 0 aromatic carbocycles. The second-order valence-electron chi connectivity index (χ2n) is 3.15. The SMILES string of the molecule is CCS(=O)(=O)CCNc1nccnc1C. The minimum absolute atomic E-state index is 0.125. The van der Waals surface area contributed by atoms with E-state index >= 15 is 0 Å². The van der Waals surface area contributed by atoms with Crippen LogP contribution in [-0.2, 0) is 9.84 Å². The molecular formula is C9H15N3O2S. The predicted octanol–water partition coefficient (Wildman–Crippen LogP) is 0.632. The Hall–Kier alpha value is -1.17. The Bertz CT molecular complexity index is 417. The fourth-order valence-electron chi connectivity index (χ4n) is 1.05. The Morgan fingerprint density at radius 3 is 2.60 bits per heavy atom. The first-order valence-electron chi connectivity index (χ1n) is 4.77. The molecule has 0 radical (unpaired) electrons. The van der Waals surface area contributed by atoms with Crippen LogP contribution in [0.4, 0.5) is 5.82 Å². The summed E-state index contributed by atoms with van der Waals surface area (Å²) in [5.74, 6) is 0.942. The third-order valence-corrected chi connectivity index (χ3v) is 3.73. The lowest BCUT2D eigenvalue weighted by atomic mass is 10.4. The number of sulfone groups is 1. The predicted molar refractivity (Wildman–Crippen MR) is 59.6 cm³/mol. The molecule has 1 aromatic rings. The zero-order valence-corrected chi connectivity index (χ0v) is 9.71. The van der Waals surface area contributed by atoms with E-state index in [1.54, 1.807) is 19.3 Å². The number of anilines is 1. The molecule has 0 fully saturated rings. The number of hydrogen-bond donors (Lipinski definition) is 1. The van der Waals surface area contributed by atoms with E-state index < -0.39 is 9.84 Å². The van der Waals surface area contributed by atoms with Crippen LogP contribution in [-0.4, -0.2) is 36.4 Å². The minimum Gasteiger partial charge on any atom is -0.368 e. The number of nitrogens with zero attached hydrogens (tertiary/aromatic N) is 2. The minimum atomic E-state index is -2.91. The Kier molecular flexibility index (Phi) is 4.02. The normalized spacial score (nSPS) is 11.3. The van der Waals surface area contributed by atoms with E-state index in [4.69, 9.17) is 0 Å². The zero-order valence-electron chi connectivity index (χ0n) is 8.90. The average Bonchev–Trinajstić information content (AvgIpc) is 2.21. The van der Waals surface area contributed by atoms with E-state index in [0.29, 0.717) is 12.4 Å². The summed E-state index contributed by atoms with van der Waals surface area (Å²) >= 11 is 0. The van der Waals surface area contributed by atoms with Crippen LogP contribution in [0.3, 0.4) is 0 Å². The zero-order chi connectivity index (χ0) is 11.3. The second kappa shape index (κ2) is 5.06. The van der Waals surface area contributed by atoms with Crippen LogP contribution in [0, 0.1) is 6.92 Å². The number of aromatic nitrogens is 2. The summed E-state index contributed by atoms with van der Waals surface area (Å²) in [5.41, 5.74) is 0.770. The van der Waals surface area contributed by atoms with Crippen molar-refractivity contribution in [2.45, 2.75) is 13.8 Å². The smallest absolute Gasteiger partial charge is 0.151 e. The monoisotopic (exact) mass is 229 g/mol. The van der Waals surface area contributed by atoms with Crippen LogP contribution in [0.2, 0.25) is 0 Å². The molecule has 6 heteroatoms. The van der Waals surface area contributed by atoms with Gasteiger partial charge >= 0.3 is 0 Å². The topological polar surface area (TPSA) is 72.0 Å². The van der Waals surface area contributed by atoms with Crippen LogP contribution >= 0.6 is 0 Å². The maximum absolute atomic E-state index is 11.2. The summed E-state index contributed by atoms with van der Waals surface area (Å²) in [6.45, 7) is 3.84. The molecule has 0 amide bonds. The van der Waals surface area contributed by atoms with Gasteiger partial charge < -0.3 is 5.32 Å². The Morgan fingerprint density at radius 2 is 2.00 bits per heavy atom. The number of hydrogen-bond acceptors (Lipinski definition) is 5. The van der Waals surface area contributed by atoms with Gasteiger partial charge in [0.05, 0.1) is 11.4 Å². The van der Waals surface area contributed by atoms with Gasteiger partial charge in [-0.05, 0) is 6.92 Å². The third kappa shape index (κ3) is 3.83. The molecule has 0 aliphatic carbocycles. The lowest BCUT2D eigenvalue weighted by molar-refractivity contribution is 0.597. The molecule has 0 atom stereocenters. The fourth-order valence-corrected chi connectivity index (χ4v) is 1.75. The van der Waals surface area contributed by atoms with Gasteiger partial charge in [0.1, 0.15) is 5.82 Å². The van der Waals surface area contributed by atoms with Crippen molar-refractivity contribution in [1.29, 1.82) is 0 Å². The lowest BCUT2D eigenvalue weighted by Gasteiger charge is -2.06. The van der Waals surface area contributed by atoms with Gasteiger partial charge in [0.2, 0.25) is 0 Å². The summed E-state index contributed by atoms with van der Waals surface area (Å²) in [4.78, 5) is 8.10. The van der Waals surface area contributed by atoms with Gasteiger partial charge in [0.25, 0.3) is 0 Å². The summed E-state index contributed by atoms with van der Waals surface area (Å²) < 4.78 is 22.4. The van der Waals surface area contributed by atoms with Crippen LogP contribution in [0.1, 0.15) is 12.6 Å². The summed E-state index contributed by atoms with van der Waals surface area (Å²) in [7, 11) is -2.91. The van der Waals surface area contributed by atoms with Crippen LogP contribution in [0.25, 0.3) is 0 Å². The Morgan fingerprint density at radius 1 is 1.33 bits per heavy atom. The molecule has 1 heterocycles. The van der Waals surface area contributed by atoms with Gasteiger partial charge in [0.15, 0.2) is 9.84 Å². The van der Waals surface area contributed by atoms with Gasteiger partial charge in [-0.3, -0.25) is 4.98 Å². The van der Waals surface area contributed by atoms with E-state index in [0.717, 1.165) is 5.69 Å². The van der Waals surface area contributed by atoms with Crippen molar-refractivity contribution in [1.82, 2.24) is 9.97 Å². The molecule has 1 N–H and O–H groups in total. The molecule has 1 aromatic heterocycles. The van der Waals surface area contributed by atoms with E-state index in [2.05, 4.69) is 15.3 Å². The number of nitrogens with one attached hydrogen (secondary N) is 1. The maximum Gasteiger partial charge on any atom is 0.151 e. The molecule has 0 spiro atoms. The van der Waals surface area contributed by atoms with Crippen LogP contribution in [0.15, 0.2) is 12.4 Å². The van der Waals surface area contributed by atoms with Crippen LogP contribution in [0.5, 0.6) is 0 Å². The number of rotatable bonds is 5. The van der Waals surface area contributed by atoms with Crippen molar-refractivity contribution in [3.8, 4) is 0 Å². The molecule has 84 valence electrons. The average molecular weight is 229 g/mol. The third-order valence-electron chi connectivity index (χ3n) is 2.03. The van der Waals surface area contributed by atoms with Gasteiger partial charge in [-0.15, -0.1) is 0 Å². The van der Waals surface area contributed by atoms with E-state index in [1.807, 2.05) is 6.92 Å². The van der Waals surface area contributed by atoms with E-state index in [1.165, 1.54) is 0 Å².